The van der Waals surface area contributed by atoms with Crippen LogP contribution >= 0.6 is 0 Å². The van der Waals surface area contributed by atoms with E-state index in [1.807, 2.05) is 31.2 Å². The zero-order valence-corrected chi connectivity index (χ0v) is 17.9. The molecule has 0 radical (unpaired) electrons. The number of rotatable bonds is 7. The fourth-order valence-corrected chi connectivity index (χ4v) is 3.96. The van der Waals surface area contributed by atoms with Gasteiger partial charge in [-0.15, -0.1) is 0 Å². The Labute approximate surface area is 178 Å². The summed E-state index contributed by atoms with van der Waals surface area (Å²) >= 11 is 0. The second-order valence-corrected chi connectivity index (χ2v) is 7.60. The molecule has 1 fully saturated rings. The molecule has 0 bridgehead atoms. The SMILES string of the molecule is CCOC(=O)C1CCC(NC(=NC)NCCCN2C(=O)COc3ccccc32)CC1. The highest BCUT2D eigenvalue weighted by Gasteiger charge is 2.28. The molecule has 1 aromatic rings. The molecular weight excluding hydrogens is 384 g/mol. The lowest BCUT2D eigenvalue weighted by molar-refractivity contribution is -0.149. The summed E-state index contributed by atoms with van der Waals surface area (Å²) in [4.78, 5) is 30.2. The molecule has 3 rings (SSSR count). The van der Waals surface area contributed by atoms with E-state index in [0.717, 1.165) is 49.5 Å². The summed E-state index contributed by atoms with van der Waals surface area (Å²) in [5.74, 6) is 1.43. The van der Waals surface area contributed by atoms with Crippen molar-refractivity contribution in [1.82, 2.24) is 10.6 Å². The van der Waals surface area contributed by atoms with Crippen molar-refractivity contribution in [2.75, 3.05) is 38.3 Å². The number of esters is 1. The van der Waals surface area contributed by atoms with Crippen LogP contribution < -0.4 is 20.3 Å². The Kier molecular flexibility index (Phi) is 7.93. The van der Waals surface area contributed by atoms with Crippen molar-refractivity contribution in [1.29, 1.82) is 0 Å². The third-order valence-corrected chi connectivity index (χ3v) is 5.57. The molecule has 8 nitrogen and oxygen atoms in total. The van der Waals surface area contributed by atoms with Crippen LogP contribution in [-0.2, 0) is 14.3 Å². The number of ether oxygens (including phenoxy) is 2. The van der Waals surface area contributed by atoms with Crippen molar-refractivity contribution in [2.45, 2.75) is 45.1 Å². The van der Waals surface area contributed by atoms with Crippen molar-refractivity contribution in [3.63, 3.8) is 0 Å². The summed E-state index contributed by atoms with van der Waals surface area (Å²) in [5, 5.41) is 6.77. The van der Waals surface area contributed by atoms with Gasteiger partial charge < -0.3 is 25.0 Å². The topological polar surface area (TPSA) is 92.3 Å². The predicted octanol–water partition coefficient (Wildman–Crippen LogP) is 2.09. The van der Waals surface area contributed by atoms with Gasteiger partial charge >= 0.3 is 5.97 Å². The van der Waals surface area contributed by atoms with E-state index in [9.17, 15) is 9.59 Å². The minimum Gasteiger partial charge on any atom is -0.482 e. The monoisotopic (exact) mass is 416 g/mol. The van der Waals surface area contributed by atoms with Gasteiger partial charge in [0.25, 0.3) is 5.91 Å². The lowest BCUT2D eigenvalue weighted by atomic mass is 9.86. The molecule has 30 heavy (non-hydrogen) atoms. The van der Waals surface area contributed by atoms with Crippen LogP contribution in [0.25, 0.3) is 0 Å². The second-order valence-electron chi connectivity index (χ2n) is 7.60. The molecule has 0 spiro atoms. The minimum atomic E-state index is -0.0716. The Balaban J connectivity index is 1.40. The fourth-order valence-electron chi connectivity index (χ4n) is 3.96. The van der Waals surface area contributed by atoms with Crippen LogP contribution in [-0.4, -0.2) is 57.2 Å². The van der Waals surface area contributed by atoms with Crippen molar-refractivity contribution in [3.8, 4) is 5.75 Å². The first kappa shape index (κ1) is 21.9. The van der Waals surface area contributed by atoms with Gasteiger partial charge in [-0.2, -0.15) is 0 Å². The number of nitrogens with one attached hydrogen (secondary N) is 2. The maximum Gasteiger partial charge on any atom is 0.308 e. The van der Waals surface area contributed by atoms with Gasteiger partial charge in [-0.05, 0) is 51.2 Å². The number of amides is 1. The van der Waals surface area contributed by atoms with Gasteiger partial charge in [-0.25, -0.2) is 0 Å². The molecule has 0 atom stereocenters. The molecule has 1 amide bonds. The molecule has 0 aromatic heterocycles. The Morgan fingerprint density at radius 1 is 1.27 bits per heavy atom. The molecule has 2 N–H and O–H groups in total. The van der Waals surface area contributed by atoms with Gasteiger partial charge in [0.15, 0.2) is 12.6 Å². The van der Waals surface area contributed by atoms with Gasteiger partial charge in [-0.1, -0.05) is 12.1 Å². The molecule has 164 valence electrons. The average Bonchev–Trinajstić information content (AvgIpc) is 2.77. The van der Waals surface area contributed by atoms with Gasteiger partial charge in [0, 0.05) is 26.2 Å². The van der Waals surface area contributed by atoms with E-state index in [1.54, 1.807) is 11.9 Å². The first-order chi connectivity index (χ1) is 14.6. The molecule has 1 aliphatic heterocycles. The maximum absolute atomic E-state index is 12.2. The smallest absolute Gasteiger partial charge is 0.308 e. The number of aliphatic imine (C=N–C) groups is 1. The lowest BCUT2D eigenvalue weighted by Crippen LogP contribution is -2.46. The number of guanidine groups is 1. The number of carbonyl (C=O) groups is 2. The van der Waals surface area contributed by atoms with Crippen LogP contribution in [0.2, 0.25) is 0 Å². The Hall–Kier alpha value is -2.77. The molecule has 0 unspecified atom stereocenters. The normalized spacial score (nSPS) is 21.5. The van der Waals surface area contributed by atoms with E-state index in [-0.39, 0.29) is 24.4 Å². The van der Waals surface area contributed by atoms with E-state index in [4.69, 9.17) is 9.47 Å². The highest BCUT2D eigenvalue weighted by Crippen LogP contribution is 2.31. The van der Waals surface area contributed by atoms with Crippen LogP contribution in [0.15, 0.2) is 29.3 Å². The number of anilines is 1. The van der Waals surface area contributed by atoms with Crippen LogP contribution in [0.5, 0.6) is 5.75 Å². The Morgan fingerprint density at radius 2 is 2.03 bits per heavy atom. The summed E-state index contributed by atoms with van der Waals surface area (Å²) in [6, 6.07) is 7.91. The third kappa shape index (κ3) is 5.64. The van der Waals surface area contributed by atoms with Crippen molar-refractivity contribution >= 4 is 23.5 Å². The van der Waals surface area contributed by atoms with Crippen LogP contribution in [0.4, 0.5) is 5.69 Å². The number of carbonyl (C=O) groups excluding carboxylic acids is 2. The molecule has 8 heteroatoms. The summed E-state index contributed by atoms with van der Waals surface area (Å²) in [7, 11) is 1.75. The predicted molar refractivity (Wildman–Crippen MR) is 116 cm³/mol. The van der Waals surface area contributed by atoms with E-state index in [2.05, 4.69) is 15.6 Å². The van der Waals surface area contributed by atoms with E-state index in [1.165, 1.54) is 0 Å². The van der Waals surface area contributed by atoms with Crippen molar-refractivity contribution in [3.05, 3.63) is 24.3 Å². The number of hydrogen-bond acceptors (Lipinski definition) is 5. The van der Waals surface area contributed by atoms with E-state index >= 15 is 0 Å². The molecule has 1 heterocycles. The molecule has 2 aliphatic rings. The number of nitrogens with zero attached hydrogens (tertiary/aromatic N) is 2. The van der Waals surface area contributed by atoms with Gasteiger partial charge in [0.05, 0.1) is 18.2 Å². The summed E-state index contributed by atoms with van der Waals surface area (Å²) in [6.45, 7) is 3.68. The summed E-state index contributed by atoms with van der Waals surface area (Å²) in [6.07, 6.45) is 4.31. The number of hydrogen-bond donors (Lipinski definition) is 2. The van der Waals surface area contributed by atoms with Gasteiger partial charge in [0.1, 0.15) is 5.75 Å². The van der Waals surface area contributed by atoms with Gasteiger partial charge in [-0.3, -0.25) is 14.6 Å². The quantitative estimate of drug-likeness (QED) is 0.306. The van der Waals surface area contributed by atoms with Gasteiger partial charge in [0.2, 0.25) is 0 Å². The Bertz CT molecular complexity index is 759. The van der Waals surface area contributed by atoms with Crippen LogP contribution in [0.3, 0.4) is 0 Å². The summed E-state index contributed by atoms with van der Waals surface area (Å²) in [5.41, 5.74) is 0.828. The third-order valence-electron chi connectivity index (χ3n) is 5.57. The first-order valence-corrected chi connectivity index (χ1v) is 10.8. The van der Waals surface area contributed by atoms with Crippen LogP contribution in [0, 0.1) is 5.92 Å². The zero-order chi connectivity index (χ0) is 21.3. The van der Waals surface area contributed by atoms with Crippen molar-refractivity contribution < 1.29 is 19.1 Å². The number of para-hydroxylation sites is 2. The van der Waals surface area contributed by atoms with E-state index in [0.29, 0.717) is 25.7 Å². The number of benzene rings is 1. The van der Waals surface area contributed by atoms with Crippen LogP contribution in [0.1, 0.15) is 39.0 Å². The zero-order valence-electron chi connectivity index (χ0n) is 17.9. The molecule has 1 aliphatic carbocycles. The molecule has 0 saturated heterocycles. The first-order valence-electron chi connectivity index (χ1n) is 10.8. The molecule has 1 saturated carbocycles. The Morgan fingerprint density at radius 3 is 2.77 bits per heavy atom. The highest BCUT2D eigenvalue weighted by molar-refractivity contribution is 5.97. The fraction of sp³-hybridized carbons (Fsp3) is 0.591. The highest BCUT2D eigenvalue weighted by atomic mass is 16.5. The largest absolute Gasteiger partial charge is 0.482 e. The van der Waals surface area contributed by atoms with Crippen molar-refractivity contribution in [2.24, 2.45) is 10.9 Å². The second kappa shape index (κ2) is 10.8. The molecular formula is C22H32N4O4. The minimum absolute atomic E-state index is 0.0189. The number of fused-ring (bicyclic) bond motifs is 1. The van der Waals surface area contributed by atoms with E-state index < -0.39 is 0 Å². The molecule has 1 aromatic carbocycles. The summed E-state index contributed by atoms with van der Waals surface area (Å²) < 4.78 is 10.6. The maximum atomic E-state index is 12.2. The standard InChI is InChI=1S/C22H32N4O4/c1-3-29-21(28)16-9-11-17(12-10-16)25-22(23-2)24-13-6-14-26-18-7-4-5-8-19(18)30-15-20(26)27/h4-5,7-8,16-17H,3,6,9-15H2,1-2H3,(H2,23,24,25). The average molecular weight is 417 g/mol. The lowest BCUT2D eigenvalue weighted by Gasteiger charge is -2.30.